The largest absolute Gasteiger partial charge is 0.507 e. The Morgan fingerprint density at radius 1 is 1.10 bits per heavy atom. The molecule has 2 saturated heterocycles. The second kappa shape index (κ2) is 12.8. The third kappa shape index (κ3) is 6.10. The molecule has 1 unspecified atom stereocenters. The lowest BCUT2D eigenvalue weighted by Crippen LogP contribution is -2.42. The van der Waals surface area contributed by atoms with Crippen molar-refractivity contribution < 1.29 is 33.6 Å². The molecule has 2 aliphatic heterocycles. The predicted molar refractivity (Wildman–Crippen MR) is 147 cm³/mol. The zero-order chi connectivity index (χ0) is 27.9. The monoisotopic (exact) mass is 536 g/mol. The number of ketones is 1. The quantitative estimate of drug-likeness (QED) is 0.201. The molecule has 1 atom stereocenters. The van der Waals surface area contributed by atoms with Gasteiger partial charge >= 0.3 is 0 Å². The molecule has 9 nitrogen and oxygen atoms in total. The number of amides is 1. The summed E-state index contributed by atoms with van der Waals surface area (Å²) in [6.07, 6.45) is 1.63. The number of Topliss-reactive ketones (excluding diaryl/α,β-unsaturated/α-hetero) is 1. The SMILES string of the molecule is C=CCOc1ccc(C2/C(=C(\O)c3ccc(OCC)cc3C)C(=O)C(=O)N2CCN2CCOCC2)cc1OC. The van der Waals surface area contributed by atoms with Gasteiger partial charge in [-0.2, -0.15) is 0 Å². The Kier molecular flexibility index (Phi) is 9.27. The van der Waals surface area contributed by atoms with Gasteiger partial charge in [-0.15, -0.1) is 0 Å². The van der Waals surface area contributed by atoms with Gasteiger partial charge in [-0.05, 0) is 55.3 Å². The number of aliphatic hydroxyl groups excluding tert-OH is 1. The summed E-state index contributed by atoms with van der Waals surface area (Å²) in [5.41, 5.74) is 1.86. The van der Waals surface area contributed by atoms with Crippen molar-refractivity contribution in [3.63, 3.8) is 0 Å². The van der Waals surface area contributed by atoms with Crippen molar-refractivity contribution in [1.82, 2.24) is 9.80 Å². The number of benzene rings is 2. The van der Waals surface area contributed by atoms with E-state index in [1.807, 2.05) is 13.8 Å². The van der Waals surface area contributed by atoms with E-state index in [0.717, 1.165) is 18.7 Å². The van der Waals surface area contributed by atoms with Crippen molar-refractivity contribution in [2.75, 3.05) is 59.7 Å². The van der Waals surface area contributed by atoms with Crippen molar-refractivity contribution in [2.24, 2.45) is 0 Å². The zero-order valence-corrected chi connectivity index (χ0v) is 22.8. The summed E-state index contributed by atoms with van der Waals surface area (Å²) in [6, 6.07) is 9.72. The molecule has 1 amide bonds. The van der Waals surface area contributed by atoms with E-state index < -0.39 is 17.7 Å². The molecule has 2 aromatic rings. The fraction of sp³-hybridized carbons (Fsp3) is 0.400. The molecule has 39 heavy (non-hydrogen) atoms. The molecule has 2 heterocycles. The van der Waals surface area contributed by atoms with Crippen LogP contribution in [0.5, 0.6) is 17.2 Å². The van der Waals surface area contributed by atoms with Crippen LogP contribution in [-0.4, -0.2) is 86.3 Å². The molecule has 2 aromatic carbocycles. The van der Waals surface area contributed by atoms with E-state index in [9.17, 15) is 14.7 Å². The van der Waals surface area contributed by atoms with Crippen LogP contribution in [0.3, 0.4) is 0 Å². The van der Waals surface area contributed by atoms with Crippen LogP contribution in [0.1, 0.15) is 29.7 Å². The van der Waals surface area contributed by atoms with Gasteiger partial charge in [-0.1, -0.05) is 18.7 Å². The Bertz CT molecular complexity index is 1250. The van der Waals surface area contributed by atoms with Gasteiger partial charge in [-0.3, -0.25) is 14.5 Å². The summed E-state index contributed by atoms with van der Waals surface area (Å²) in [6.45, 7) is 11.9. The minimum atomic E-state index is -0.806. The molecule has 0 bridgehead atoms. The minimum Gasteiger partial charge on any atom is -0.507 e. The van der Waals surface area contributed by atoms with E-state index in [1.54, 1.807) is 42.5 Å². The van der Waals surface area contributed by atoms with Crippen molar-refractivity contribution in [1.29, 1.82) is 0 Å². The number of hydrogen-bond donors (Lipinski definition) is 1. The maximum absolute atomic E-state index is 13.5. The lowest BCUT2D eigenvalue weighted by molar-refractivity contribution is -0.140. The van der Waals surface area contributed by atoms with E-state index in [1.165, 1.54) is 12.0 Å². The summed E-state index contributed by atoms with van der Waals surface area (Å²) < 4.78 is 22.3. The van der Waals surface area contributed by atoms with Crippen LogP contribution >= 0.6 is 0 Å². The highest BCUT2D eigenvalue weighted by molar-refractivity contribution is 6.46. The summed E-state index contributed by atoms with van der Waals surface area (Å²) in [7, 11) is 1.53. The van der Waals surface area contributed by atoms with Gasteiger partial charge < -0.3 is 29.0 Å². The summed E-state index contributed by atoms with van der Waals surface area (Å²) in [5.74, 6) is 0.0230. The number of aryl methyl sites for hydroxylation is 1. The maximum atomic E-state index is 13.5. The van der Waals surface area contributed by atoms with Crippen molar-refractivity contribution >= 4 is 17.4 Å². The van der Waals surface area contributed by atoms with Gasteiger partial charge in [0.25, 0.3) is 11.7 Å². The zero-order valence-electron chi connectivity index (χ0n) is 22.8. The summed E-state index contributed by atoms with van der Waals surface area (Å²) in [5, 5.41) is 11.5. The Morgan fingerprint density at radius 2 is 1.87 bits per heavy atom. The molecule has 0 aromatic heterocycles. The molecule has 9 heteroatoms. The highest BCUT2D eigenvalue weighted by Gasteiger charge is 2.46. The minimum absolute atomic E-state index is 0.0380. The van der Waals surface area contributed by atoms with Crippen LogP contribution < -0.4 is 14.2 Å². The number of likely N-dealkylation sites (tertiary alicyclic amines) is 1. The van der Waals surface area contributed by atoms with Crippen LogP contribution in [0, 0.1) is 6.92 Å². The third-order valence-electron chi connectivity index (χ3n) is 6.92. The first-order chi connectivity index (χ1) is 18.9. The highest BCUT2D eigenvalue weighted by Crippen LogP contribution is 2.42. The van der Waals surface area contributed by atoms with Gasteiger partial charge in [-0.25, -0.2) is 0 Å². The number of methoxy groups -OCH3 is 1. The first-order valence-electron chi connectivity index (χ1n) is 13.1. The number of rotatable bonds is 11. The van der Waals surface area contributed by atoms with Crippen LogP contribution in [0.2, 0.25) is 0 Å². The van der Waals surface area contributed by atoms with E-state index in [4.69, 9.17) is 18.9 Å². The fourth-order valence-electron chi connectivity index (χ4n) is 4.96. The molecule has 0 saturated carbocycles. The number of nitrogens with zero attached hydrogens (tertiary/aromatic N) is 2. The second-order valence-electron chi connectivity index (χ2n) is 9.37. The van der Waals surface area contributed by atoms with E-state index in [2.05, 4.69) is 11.5 Å². The van der Waals surface area contributed by atoms with Crippen LogP contribution in [-0.2, 0) is 14.3 Å². The molecule has 0 radical (unpaired) electrons. The molecule has 208 valence electrons. The van der Waals surface area contributed by atoms with Crippen molar-refractivity contribution in [3.05, 3.63) is 71.3 Å². The highest BCUT2D eigenvalue weighted by atomic mass is 16.5. The number of hydrogen-bond acceptors (Lipinski definition) is 8. The van der Waals surface area contributed by atoms with Gasteiger partial charge in [0.15, 0.2) is 11.5 Å². The van der Waals surface area contributed by atoms with Gasteiger partial charge in [0.2, 0.25) is 0 Å². The third-order valence-corrected chi connectivity index (χ3v) is 6.92. The normalized spacial score (nSPS) is 19.3. The Balaban J connectivity index is 1.78. The predicted octanol–water partition coefficient (Wildman–Crippen LogP) is 3.72. The smallest absolute Gasteiger partial charge is 0.295 e. The number of carbonyl (C=O) groups excluding carboxylic acids is 2. The molecule has 4 rings (SSSR count). The van der Waals surface area contributed by atoms with E-state index >= 15 is 0 Å². The van der Waals surface area contributed by atoms with E-state index in [-0.39, 0.29) is 11.3 Å². The van der Waals surface area contributed by atoms with Crippen molar-refractivity contribution in [2.45, 2.75) is 19.9 Å². The van der Waals surface area contributed by atoms with Crippen LogP contribution in [0.15, 0.2) is 54.6 Å². The number of aliphatic hydroxyl groups is 1. The Hall–Kier alpha value is -3.82. The lowest BCUT2D eigenvalue weighted by Gasteiger charge is -2.31. The van der Waals surface area contributed by atoms with E-state index in [0.29, 0.717) is 67.9 Å². The van der Waals surface area contributed by atoms with Crippen LogP contribution in [0.4, 0.5) is 0 Å². The Morgan fingerprint density at radius 3 is 2.54 bits per heavy atom. The summed E-state index contributed by atoms with van der Waals surface area (Å²) >= 11 is 0. The number of ether oxygens (including phenoxy) is 4. The topological polar surface area (TPSA) is 97.8 Å². The Labute approximate surface area is 229 Å². The maximum Gasteiger partial charge on any atom is 0.295 e. The molecule has 0 aliphatic carbocycles. The fourth-order valence-corrected chi connectivity index (χ4v) is 4.96. The lowest BCUT2D eigenvalue weighted by atomic mass is 9.93. The molecular weight excluding hydrogens is 500 g/mol. The first-order valence-corrected chi connectivity index (χ1v) is 13.1. The molecule has 2 aliphatic rings. The second-order valence-corrected chi connectivity index (χ2v) is 9.37. The van der Waals surface area contributed by atoms with Gasteiger partial charge in [0.1, 0.15) is 18.1 Å². The van der Waals surface area contributed by atoms with Gasteiger partial charge in [0, 0.05) is 31.7 Å². The van der Waals surface area contributed by atoms with Crippen molar-refractivity contribution in [3.8, 4) is 17.2 Å². The average molecular weight is 537 g/mol. The molecular formula is C30H36N2O7. The molecule has 1 N–H and O–H groups in total. The van der Waals surface area contributed by atoms with Gasteiger partial charge in [0.05, 0.1) is 38.5 Å². The van der Waals surface area contributed by atoms with Crippen LogP contribution in [0.25, 0.3) is 5.76 Å². The molecule has 2 fully saturated rings. The number of morpholine rings is 1. The average Bonchev–Trinajstić information content (AvgIpc) is 3.20. The summed E-state index contributed by atoms with van der Waals surface area (Å²) in [4.78, 5) is 30.6. The molecule has 0 spiro atoms. The number of carbonyl (C=O) groups is 2. The first kappa shape index (κ1) is 28.2. The standard InChI is InChI=1S/C30H36N2O7/c1-5-15-39-24-10-7-21(19-25(24)36-4)27-26(28(33)23-9-8-22(38-6-2)18-20(23)3)29(34)30(35)32(27)12-11-31-13-16-37-17-14-31/h5,7-10,18-19,27,33H,1,6,11-17H2,2-4H3/b28-26+.